The molecule has 0 radical (unpaired) electrons. The predicted octanol–water partition coefficient (Wildman–Crippen LogP) is 4.04. The van der Waals surface area contributed by atoms with E-state index in [4.69, 9.17) is 4.74 Å². The minimum Gasteiger partial charge on any atom is -0.497 e. The molecule has 2 aliphatic rings. The highest BCUT2D eigenvalue weighted by molar-refractivity contribution is 5.91. The summed E-state index contributed by atoms with van der Waals surface area (Å²) in [5, 5.41) is 0. The van der Waals surface area contributed by atoms with Crippen molar-refractivity contribution in [3.63, 3.8) is 0 Å². The van der Waals surface area contributed by atoms with Gasteiger partial charge in [-0.15, -0.1) is 0 Å². The van der Waals surface area contributed by atoms with Crippen LogP contribution in [0.15, 0.2) is 42.5 Å². The molecule has 1 aliphatic carbocycles. The van der Waals surface area contributed by atoms with Crippen LogP contribution < -0.4 is 4.74 Å². The molecule has 5 nitrogen and oxygen atoms in total. The van der Waals surface area contributed by atoms with Gasteiger partial charge in [0.25, 0.3) is 0 Å². The molecule has 0 spiro atoms. The van der Waals surface area contributed by atoms with Crippen LogP contribution in [0.2, 0.25) is 0 Å². The third-order valence-corrected chi connectivity index (χ3v) is 6.86. The lowest BCUT2D eigenvalue weighted by Crippen LogP contribution is -2.42. The van der Waals surface area contributed by atoms with Crippen LogP contribution in [-0.4, -0.2) is 54.9 Å². The Morgan fingerprint density at radius 1 is 0.906 bits per heavy atom. The average molecular weight is 435 g/mol. The van der Waals surface area contributed by atoms with E-state index in [1.165, 1.54) is 11.1 Å². The fourth-order valence-electron chi connectivity index (χ4n) is 4.88. The van der Waals surface area contributed by atoms with Crippen molar-refractivity contribution in [2.24, 2.45) is 0 Å². The van der Waals surface area contributed by atoms with Gasteiger partial charge >= 0.3 is 0 Å². The molecule has 5 heteroatoms. The highest BCUT2D eigenvalue weighted by Gasteiger charge is 2.53. The summed E-state index contributed by atoms with van der Waals surface area (Å²) in [6, 6.07) is 14.4. The summed E-state index contributed by atoms with van der Waals surface area (Å²) < 4.78 is 5.19. The number of carbonyl (C=O) groups is 2. The lowest BCUT2D eigenvalue weighted by molar-refractivity contribution is -0.135. The lowest BCUT2D eigenvalue weighted by atomic mass is 9.91. The fourth-order valence-corrected chi connectivity index (χ4v) is 4.88. The SMILES string of the molecule is COc1ccc(CCC(=O)N2CCCN(C(=O)C3(c4cc(C)cc(C)c4)CC3)CC2)cc1. The quantitative estimate of drug-likeness (QED) is 0.690. The molecule has 2 aromatic rings. The van der Waals surface area contributed by atoms with Gasteiger partial charge in [-0.05, 0) is 62.8 Å². The Hall–Kier alpha value is -2.82. The van der Waals surface area contributed by atoms with Crippen LogP contribution in [0.5, 0.6) is 5.75 Å². The molecular formula is C27H34N2O3. The minimum atomic E-state index is -0.343. The summed E-state index contributed by atoms with van der Waals surface area (Å²) in [6.45, 7) is 6.89. The van der Waals surface area contributed by atoms with E-state index in [2.05, 4.69) is 32.0 Å². The zero-order valence-corrected chi connectivity index (χ0v) is 19.5. The predicted molar refractivity (Wildman–Crippen MR) is 126 cm³/mol. The van der Waals surface area contributed by atoms with Crippen molar-refractivity contribution in [1.29, 1.82) is 0 Å². The first-order valence-corrected chi connectivity index (χ1v) is 11.7. The molecular weight excluding hydrogens is 400 g/mol. The van der Waals surface area contributed by atoms with E-state index in [9.17, 15) is 9.59 Å². The van der Waals surface area contributed by atoms with Gasteiger partial charge in [0, 0.05) is 32.6 Å². The third-order valence-electron chi connectivity index (χ3n) is 6.86. The summed E-state index contributed by atoms with van der Waals surface area (Å²) >= 11 is 0. The molecule has 1 saturated carbocycles. The average Bonchev–Trinajstić information content (AvgIpc) is 3.61. The van der Waals surface area contributed by atoms with Crippen LogP contribution in [0.3, 0.4) is 0 Å². The Balaban J connectivity index is 1.34. The Morgan fingerprint density at radius 2 is 1.53 bits per heavy atom. The van der Waals surface area contributed by atoms with E-state index in [-0.39, 0.29) is 17.2 Å². The number of benzene rings is 2. The monoisotopic (exact) mass is 434 g/mol. The van der Waals surface area contributed by atoms with E-state index in [0.29, 0.717) is 19.5 Å². The maximum Gasteiger partial charge on any atom is 0.233 e. The maximum atomic E-state index is 13.5. The Morgan fingerprint density at radius 3 is 2.16 bits per heavy atom. The Kier molecular flexibility index (Phi) is 6.54. The number of carbonyl (C=O) groups excluding carboxylic acids is 2. The van der Waals surface area contributed by atoms with Gasteiger partial charge in [-0.2, -0.15) is 0 Å². The van der Waals surface area contributed by atoms with Gasteiger partial charge in [0.1, 0.15) is 5.75 Å². The second-order valence-electron chi connectivity index (χ2n) is 9.33. The molecule has 1 aliphatic heterocycles. The lowest BCUT2D eigenvalue weighted by Gasteiger charge is -2.27. The molecule has 0 aromatic heterocycles. The van der Waals surface area contributed by atoms with Crippen molar-refractivity contribution in [3.05, 3.63) is 64.7 Å². The van der Waals surface area contributed by atoms with E-state index in [0.717, 1.165) is 55.6 Å². The van der Waals surface area contributed by atoms with Gasteiger partial charge in [0.05, 0.1) is 12.5 Å². The number of aryl methyl sites for hydroxylation is 3. The second-order valence-corrected chi connectivity index (χ2v) is 9.33. The third kappa shape index (κ3) is 4.82. The molecule has 4 rings (SSSR count). The van der Waals surface area contributed by atoms with Crippen molar-refractivity contribution in [2.75, 3.05) is 33.3 Å². The van der Waals surface area contributed by atoms with E-state index >= 15 is 0 Å². The van der Waals surface area contributed by atoms with Crippen molar-refractivity contribution in [1.82, 2.24) is 9.80 Å². The fraction of sp³-hybridized carbons (Fsp3) is 0.481. The van der Waals surface area contributed by atoms with Crippen molar-refractivity contribution in [3.8, 4) is 5.75 Å². The van der Waals surface area contributed by atoms with Gasteiger partial charge in [0.2, 0.25) is 11.8 Å². The van der Waals surface area contributed by atoms with E-state index in [1.807, 2.05) is 34.1 Å². The molecule has 2 amide bonds. The highest BCUT2D eigenvalue weighted by atomic mass is 16.5. The van der Waals surface area contributed by atoms with Crippen LogP contribution in [0.4, 0.5) is 0 Å². The summed E-state index contributed by atoms with van der Waals surface area (Å²) in [5.41, 5.74) is 4.38. The van der Waals surface area contributed by atoms with Crippen LogP contribution in [0, 0.1) is 13.8 Å². The standard InChI is InChI=1S/C27H34N2O3/c1-20-17-21(2)19-23(18-20)27(11-12-27)26(31)29-14-4-13-28(15-16-29)25(30)10-7-22-5-8-24(32-3)9-6-22/h5-6,8-9,17-19H,4,7,10-16H2,1-3H3. The first kappa shape index (κ1) is 22.4. The second kappa shape index (κ2) is 9.35. The zero-order chi connectivity index (χ0) is 22.7. The molecule has 0 bridgehead atoms. The van der Waals surface area contributed by atoms with Gasteiger partial charge in [0.15, 0.2) is 0 Å². The summed E-state index contributed by atoms with van der Waals surface area (Å²) in [7, 11) is 1.65. The number of hydrogen-bond donors (Lipinski definition) is 0. The zero-order valence-electron chi connectivity index (χ0n) is 19.5. The van der Waals surface area contributed by atoms with E-state index < -0.39 is 0 Å². The molecule has 0 N–H and O–H groups in total. The van der Waals surface area contributed by atoms with Crippen molar-refractivity contribution in [2.45, 2.75) is 51.4 Å². The maximum absolute atomic E-state index is 13.5. The van der Waals surface area contributed by atoms with Gasteiger partial charge in [-0.3, -0.25) is 9.59 Å². The molecule has 170 valence electrons. The summed E-state index contributed by atoms with van der Waals surface area (Å²) in [6.07, 6.45) is 3.90. The number of hydrogen-bond acceptors (Lipinski definition) is 3. The largest absolute Gasteiger partial charge is 0.497 e. The summed E-state index contributed by atoms with van der Waals surface area (Å²) in [4.78, 5) is 30.3. The van der Waals surface area contributed by atoms with Gasteiger partial charge in [-0.25, -0.2) is 0 Å². The number of amides is 2. The number of methoxy groups -OCH3 is 1. The number of rotatable bonds is 6. The van der Waals surface area contributed by atoms with Crippen molar-refractivity contribution < 1.29 is 14.3 Å². The number of ether oxygens (including phenoxy) is 1. The van der Waals surface area contributed by atoms with Crippen LogP contribution >= 0.6 is 0 Å². The molecule has 0 unspecified atom stereocenters. The first-order valence-electron chi connectivity index (χ1n) is 11.7. The van der Waals surface area contributed by atoms with Gasteiger partial charge < -0.3 is 14.5 Å². The van der Waals surface area contributed by atoms with Crippen LogP contribution in [-0.2, 0) is 21.4 Å². The topological polar surface area (TPSA) is 49.9 Å². The molecule has 2 aromatic carbocycles. The number of nitrogens with zero attached hydrogens (tertiary/aromatic N) is 2. The van der Waals surface area contributed by atoms with Crippen LogP contribution in [0.25, 0.3) is 0 Å². The molecule has 32 heavy (non-hydrogen) atoms. The Bertz CT molecular complexity index is 959. The summed E-state index contributed by atoms with van der Waals surface area (Å²) in [5.74, 6) is 1.24. The van der Waals surface area contributed by atoms with Crippen LogP contribution in [0.1, 0.15) is 47.9 Å². The normalized spacial score (nSPS) is 17.6. The molecule has 2 fully saturated rings. The minimum absolute atomic E-state index is 0.172. The Labute approximate surface area is 191 Å². The van der Waals surface area contributed by atoms with E-state index in [1.54, 1.807) is 7.11 Å². The molecule has 0 atom stereocenters. The molecule has 1 saturated heterocycles. The molecule has 1 heterocycles. The smallest absolute Gasteiger partial charge is 0.233 e. The first-order chi connectivity index (χ1) is 15.4. The van der Waals surface area contributed by atoms with Crippen molar-refractivity contribution >= 4 is 11.8 Å². The highest BCUT2D eigenvalue weighted by Crippen LogP contribution is 2.50. The van der Waals surface area contributed by atoms with Gasteiger partial charge in [-0.1, -0.05) is 41.5 Å².